The first-order valence-corrected chi connectivity index (χ1v) is 12.1. The van der Waals surface area contributed by atoms with Crippen molar-refractivity contribution >= 4 is 28.3 Å². The zero-order valence-electron chi connectivity index (χ0n) is 19.9. The van der Waals surface area contributed by atoms with Crippen molar-refractivity contribution in [3.05, 3.63) is 125 Å². The molecule has 1 aliphatic rings. The molecule has 0 saturated carbocycles. The van der Waals surface area contributed by atoms with E-state index in [1.165, 1.54) is 12.1 Å². The van der Waals surface area contributed by atoms with Crippen LogP contribution in [0.2, 0.25) is 0 Å². The number of hydrogen-bond acceptors (Lipinski definition) is 3. The van der Waals surface area contributed by atoms with Gasteiger partial charge in [0.1, 0.15) is 17.3 Å². The van der Waals surface area contributed by atoms with Crippen LogP contribution in [0.4, 0.5) is 10.1 Å². The molecule has 6 heteroatoms. The number of benzene rings is 4. The molecule has 5 aromatic rings. The van der Waals surface area contributed by atoms with Crippen LogP contribution >= 0.6 is 0 Å². The number of rotatable bonds is 4. The summed E-state index contributed by atoms with van der Waals surface area (Å²) in [5.41, 5.74) is 3.10. The minimum absolute atomic E-state index is 0.00659. The van der Waals surface area contributed by atoms with Crippen LogP contribution in [-0.2, 0) is 13.0 Å². The van der Waals surface area contributed by atoms with Crippen LogP contribution < -0.4 is 5.32 Å². The number of amides is 2. The summed E-state index contributed by atoms with van der Waals surface area (Å²) in [5.74, 6) is 0.534. The van der Waals surface area contributed by atoms with Crippen molar-refractivity contribution in [3.8, 4) is 11.3 Å². The quantitative estimate of drug-likeness (QED) is 0.305. The lowest BCUT2D eigenvalue weighted by Gasteiger charge is -2.26. The number of furan rings is 1. The average molecular weight is 491 g/mol. The third-order valence-electron chi connectivity index (χ3n) is 6.72. The van der Waals surface area contributed by atoms with Gasteiger partial charge in [0.05, 0.1) is 5.56 Å². The van der Waals surface area contributed by atoms with Gasteiger partial charge in [0.2, 0.25) is 0 Å². The molecule has 182 valence electrons. The Bertz CT molecular complexity index is 1630. The Morgan fingerprint density at radius 2 is 1.57 bits per heavy atom. The van der Waals surface area contributed by atoms with Crippen LogP contribution in [0.5, 0.6) is 0 Å². The number of hydrogen-bond donors (Lipinski definition) is 1. The van der Waals surface area contributed by atoms with E-state index in [9.17, 15) is 14.0 Å². The molecule has 1 aromatic heterocycles. The van der Waals surface area contributed by atoms with Crippen molar-refractivity contribution in [3.63, 3.8) is 0 Å². The molecule has 2 heterocycles. The van der Waals surface area contributed by atoms with E-state index >= 15 is 0 Å². The molecule has 0 saturated heterocycles. The highest BCUT2D eigenvalue weighted by Crippen LogP contribution is 2.31. The first-order valence-electron chi connectivity index (χ1n) is 12.1. The van der Waals surface area contributed by atoms with Gasteiger partial charge in [-0.1, -0.05) is 48.5 Å². The van der Waals surface area contributed by atoms with Gasteiger partial charge in [-0.15, -0.1) is 0 Å². The summed E-state index contributed by atoms with van der Waals surface area (Å²) in [4.78, 5) is 27.6. The number of anilines is 1. The van der Waals surface area contributed by atoms with E-state index < -0.39 is 11.7 Å². The van der Waals surface area contributed by atoms with Gasteiger partial charge in [-0.3, -0.25) is 9.59 Å². The summed E-state index contributed by atoms with van der Waals surface area (Å²) in [5, 5.41) is 4.72. The van der Waals surface area contributed by atoms with Crippen LogP contribution in [0.15, 0.2) is 101 Å². The topological polar surface area (TPSA) is 62.6 Å². The van der Waals surface area contributed by atoms with Crippen LogP contribution in [0.25, 0.3) is 22.1 Å². The fourth-order valence-corrected chi connectivity index (χ4v) is 4.79. The standard InChI is InChI=1S/C31H23FN2O3/c32-27-11-4-3-9-26(27)30(35)33-23-14-12-21(13-15-23)29-18-22-19-34(17-16-28(22)37-29)31(36)25-10-5-7-20-6-1-2-8-24(20)25/h1-15,18H,16-17,19H2,(H,33,35). The Labute approximate surface area is 213 Å². The predicted molar refractivity (Wildman–Crippen MR) is 141 cm³/mol. The van der Waals surface area contributed by atoms with E-state index in [2.05, 4.69) is 5.32 Å². The maximum atomic E-state index is 13.9. The molecule has 1 N–H and O–H groups in total. The van der Waals surface area contributed by atoms with Gasteiger partial charge in [0.15, 0.2) is 0 Å². The summed E-state index contributed by atoms with van der Waals surface area (Å²) in [7, 11) is 0. The lowest BCUT2D eigenvalue weighted by Crippen LogP contribution is -2.35. The highest BCUT2D eigenvalue weighted by molar-refractivity contribution is 6.07. The second-order valence-corrected chi connectivity index (χ2v) is 9.07. The molecule has 0 atom stereocenters. The molecule has 5 nitrogen and oxygen atoms in total. The maximum absolute atomic E-state index is 13.9. The van der Waals surface area contributed by atoms with Crippen LogP contribution in [0.3, 0.4) is 0 Å². The molecule has 0 fully saturated rings. The summed E-state index contributed by atoms with van der Waals surface area (Å²) in [6.45, 7) is 1.07. The number of nitrogens with one attached hydrogen (secondary N) is 1. The summed E-state index contributed by atoms with van der Waals surface area (Å²) in [6, 6.07) is 28.8. The van der Waals surface area contributed by atoms with E-state index in [-0.39, 0.29) is 11.5 Å². The third kappa shape index (κ3) is 4.38. The number of carbonyl (C=O) groups excluding carboxylic acids is 2. The Kier molecular flexibility index (Phi) is 5.77. The normalized spacial score (nSPS) is 12.8. The predicted octanol–water partition coefficient (Wildman–Crippen LogP) is 6.69. The molecule has 0 radical (unpaired) electrons. The zero-order chi connectivity index (χ0) is 25.4. The first kappa shape index (κ1) is 22.7. The maximum Gasteiger partial charge on any atom is 0.258 e. The molecule has 0 unspecified atom stereocenters. The molecular weight excluding hydrogens is 467 g/mol. The SMILES string of the molecule is O=C(Nc1ccc(-c2cc3c(o2)CCN(C(=O)c2cccc4ccccc24)C3)cc1)c1ccccc1F. The largest absolute Gasteiger partial charge is 0.461 e. The Morgan fingerprint density at radius 1 is 0.838 bits per heavy atom. The zero-order valence-corrected chi connectivity index (χ0v) is 19.9. The van der Waals surface area contributed by atoms with E-state index in [0.717, 1.165) is 27.7 Å². The Hall–Kier alpha value is -4.71. The van der Waals surface area contributed by atoms with Gasteiger partial charge < -0.3 is 14.6 Å². The fourth-order valence-electron chi connectivity index (χ4n) is 4.79. The van der Waals surface area contributed by atoms with E-state index in [1.54, 1.807) is 24.3 Å². The highest BCUT2D eigenvalue weighted by atomic mass is 19.1. The van der Waals surface area contributed by atoms with Crippen LogP contribution in [0, 0.1) is 5.82 Å². The number of halogens is 1. The second-order valence-electron chi connectivity index (χ2n) is 9.07. The molecule has 4 aromatic carbocycles. The van der Waals surface area contributed by atoms with Gasteiger partial charge in [0.25, 0.3) is 11.8 Å². The van der Waals surface area contributed by atoms with Crippen LogP contribution in [-0.4, -0.2) is 23.3 Å². The van der Waals surface area contributed by atoms with Crippen molar-refractivity contribution < 1.29 is 18.4 Å². The minimum Gasteiger partial charge on any atom is -0.461 e. The van der Waals surface area contributed by atoms with E-state index in [1.807, 2.05) is 65.6 Å². The molecular formula is C31H23FN2O3. The average Bonchev–Trinajstić information content (AvgIpc) is 3.36. The van der Waals surface area contributed by atoms with E-state index in [0.29, 0.717) is 36.5 Å². The lowest BCUT2D eigenvalue weighted by atomic mass is 10.0. The second kappa shape index (κ2) is 9.39. The molecule has 0 aliphatic carbocycles. The van der Waals surface area contributed by atoms with Crippen LogP contribution in [0.1, 0.15) is 32.0 Å². The number of nitrogens with zero attached hydrogens (tertiary/aromatic N) is 1. The monoisotopic (exact) mass is 490 g/mol. The van der Waals surface area contributed by atoms with Gasteiger partial charge >= 0.3 is 0 Å². The Morgan fingerprint density at radius 3 is 2.41 bits per heavy atom. The number of fused-ring (bicyclic) bond motifs is 2. The van der Waals surface area contributed by atoms with Crippen molar-refractivity contribution in [1.29, 1.82) is 0 Å². The van der Waals surface area contributed by atoms with Crippen molar-refractivity contribution in [2.75, 3.05) is 11.9 Å². The smallest absolute Gasteiger partial charge is 0.258 e. The fraction of sp³-hybridized carbons (Fsp3) is 0.0968. The minimum atomic E-state index is -0.564. The van der Waals surface area contributed by atoms with Crippen molar-refractivity contribution in [2.24, 2.45) is 0 Å². The lowest BCUT2D eigenvalue weighted by molar-refractivity contribution is 0.0732. The molecule has 1 aliphatic heterocycles. The Balaban J connectivity index is 1.18. The van der Waals surface area contributed by atoms with Crippen molar-refractivity contribution in [1.82, 2.24) is 4.90 Å². The molecule has 0 spiro atoms. The number of carbonyl (C=O) groups is 2. The van der Waals surface area contributed by atoms with Gasteiger partial charge in [-0.25, -0.2) is 4.39 Å². The molecule has 2 amide bonds. The summed E-state index contributed by atoms with van der Waals surface area (Å²) >= 11 is 0. The molecule has 6 rings (SSSR count). The molecule has 0 bridgehead atoms. The van der Waals surface area contributed by atoms with Gasteiger partial charge in [-0.2, -0.15) is 0 Å². The van der Waals surface area contributed by atoms with Gasteiger partial charge in [0, 0.05) is 41.9 Å². The van der Waals surface area contributed by atoms with Gasteiger partial charge in [-0.05, 0) is 59.3 Å². The summed E-state index contributed by atoms with van der Waals surface area (Å²) < 4.78 is 20.0. The summed E-state index contributed by atoms with van der Waals surface area (Å²) in [6.07, 6.45) is 0.641. The third-order valence-corrected chi connectivity index (χ3v) is 6.72. The highest BCUT2D eigenvalue weighted by Gasteiger charge is 2.26. The molecule has 37 heavy (non-hydrogen) atoms. The van der Waals surface area contributed by atoms with Crippen molar-refractivity contribution in [2.45, 2.75) is 13.0 Å². The first-order chi connectivity index (χ1) is 18.1. The van der Waals surface area contributed by atoms with E-state index in [4.69, 9.17) is 4.42 Å².